The second-order valence-electron chi connectivity index (χ2n) is 3.72. The highest BCUT2D eigenvalue weighted by molar-refractivity contribution is 8.22. The minimum Gasteiger partial charge on any atom is -0.372 e. The number of benzene rings is 1. The highest BCUT2D eigenvalue weighted by Gasteiger charge is 2.06. The van der Waals surface area contributed by atoms with Gasteiger partial charge in [0.2, 0.25) is 0 Å². The summed E-state index contributed by atoms with van der Waals surface area (Å²) in [4.78, 5) is 4.36. The molecular formula is C13H20N2S2. The maximum absolute atomic E-state index is 5.27. The predicted octanol–water partition coefficient (Wildman–Crippen LogP) is 3.62. The molecule has 0 bridgehead atoms. The molecule has 0 saturated carbocycles. The molecule has 0 heterocycles. The Kier molecular flexibility index (Phi) is 5.78. The maximum Gasteiger partial charge on any atom is 0.140 e. The summed E-state index contributed by atoms with van der Waals surface area (Å²) in [5.74, 6) is 0. The average Bonchev–Trinajstić information content (AvgIpc) is 2.39. The highest BCUT2D eigenvalue weighted by atomic mass is 32.2. The van der Waals surface area contributed by atoms with Crippen LogP contribution in [0.2, 0.25) is 0 Å². The van der Waals surface area contributed by atoms with Crippen molar-refractivity contribution in [2.45, 2.75) is 13.8 Å². The van der Waals surface area contributed by atoms with Crippen LogP contribution in [0.3, 0.4) is 0 Å². The van der Waals surface area contributed by atoms with Crippen LogP contribution in [0, 0.1) is 0 Å². The molecule has 4 heteroatoms. The van der Waals surface area contributed by atoms with Crippen molar-refractivity contribution in [1.29, 1.82) is 0 Å². The summed E-state index contributed by atoms with van der Waals surface area (Å²) >= 11 is 6.86. The molecule has 0 aromatic heterocycles. The van der Waals surface area contributed by atoms with Crippen LogP contribution in [0.1, 0.15) is 13.8 Å². The van der Waals surface area contributed by atoms with E-state index in [1.807, 2.05) is 18.2 Å². The van der Waals surface area contributed by atoms with Gasteiger partial charge in [0.05, 0.1) is 0 Å². The van der Waals surface area contributed by atoms with Crippen molar-refractivity contribution >= 4 is 39.7 Å². The van der Waals surface area contributed by atoms with Crippen LogP contribution in [0.15, 0.2) is 24.3 Å². The zero-order valence-corrected chi connectivity index (χ0v) is 12.6. The minimum absolute atomic E-state index is 0.889. The van der Waals surface area contributed by atoms with Crippen molar-refractivity contribution in [2.24, 2.45) is 0 Å². The highest BCUT2D eigenvalue weighted by Crippen LogP contribution is 2.21. The van der Waals surface area contributed by atoms with Gasteiger partial charge in [0.1, 0.15) is 4.32 Å². The number of hydrogen-bond donors (Lipinski definition) is 0. The van der Waals surface area contributed by atoms with E-state index in [1.165, 1.54) is 5.69 Å². The van der Waals surface area contributed by atoms with Crippen molar-refractivity contribution in [2.75, 3.05) is 36.2 Å². The Morgan fingerprint density at radius 2 is 1.59 bits per heavy atom. The van der Waals surface area contributed by atoms with Gasteiger partial charge in [-0.05, 0) is 44.4 Å². The Morgan fingerprint density at radius 1 is 1.12 bits per heavy atom. The Morgan fingerprint density at radius 3 is 2.00 bits per heavy atom. The molecule has 0 atom stereocenters. The zero-order valence-electron chi connectivity index (χ0n) is 10.9. The SMILES string of the molecule is CCN(CC)c1ccc(N(C)C(=S)SC)cc1. The van der Waals surface area contributed by atoms with E-state index in [-0.39, 0.29) is 0 Å². The second-order valence-corrected chi connectivity index (χ2v) is 5.16. The van der Waals surface area contributed by atoms with Gasteiger partial charge >= 0.3 is 0 Å². The summed E-state index contributed by atoms with van der Waals surface area (Å²) in [5.41, 5.74) is 2.41. The van der Waals surface area contributed by atoms with Crippen LogP contribution in [-0.4, -0.2) is 30.7 Å². The quantitative estimate of drug-likeness (QED) is 0.769. The molecule has 0 radical (unpaired) electrons. The molecule has 94 valence electrons. The average molecular weight is 268 g/mol. The fraction of sp³-hybridized carbons (Fsp3) is 0.462. The number of nitrogens with zero attached hydrogens (tertiary/aromatic N) is 2. The lowest BCUT2D eigenvalue weighted by Crippen LogP contribution is -2.23. The molecule has 1 aromatic rings. The second kappa shape index (κ2) is 6.87. The van der Waals surface area contributed by atoms with E-state index in [9.17, 15) is 0 Å². The van der Waals surface area contributed by atoms with Gasteiger partial charge < -0.3 is 9.80 Å². The van der Waals surface area contributed by atoms with Gasteiger partial charge in [-0.25, -0.2) is 0 Å². The van der Waals surface area contributed by atoms with E-state index in [1.54, 1.807) is 11.8 Å². The van der Waals surface area contributed by atoms with Gasteiger partial charge in [0.25, 0.3) is 0 Å². The molecule has 1 aromatic carbocycles. The lowest BCUT2D eigenvalue weighted by molar-refractivity contribution is 0.866. The Balaban J connectivity index is 2.84. The number of rotatable bonds is 4. The van der Waals surface area contributed by atoms with Crippen molar-refractivity contribution in [3.8, 4) is 0 Å². The zero-order chi connectivity index (χ0) is 12.8. The molecule has 1 rings (SSSR count). The number of hydrogen-bond acceptors (Lipinski definition) is 3. The summed E-state index contributed by atoms with van der Waals surface area (Å²) in [7, 11) is 2.01. The minimum atomic E-state index is 0.889. The van der Waals surface area contributed by atoms with Crippen LogP contribution in [0.5, 0.6) is 0 Å². The van der Waals surface area contributed by atoms with Crippen LogP contribution in [-0.2, 0) is 0 Å². The molecule has 0 aliphatic heterocycles. The Labute approximate surface area is 114 Å². The van der Waals surface area contributed by atoms with E-state index in [2.05, 4.69) is 43.0 Å². The molecule has 0 N–H and O–H groups in total. The van der Waals surface area contributed by atoms with Crippen LogP contribution >= 0.6 is 24.0 Å². The van der Waals surface area contributed by atoms with Crippen LogP contribution < -0.4 is 9.80 Å². The third-order valence-electron chi connectivity index (χ3n) is 2.81. The summed E-state index contributed by atoms with van der Waals surface area (Å²) in [6, 6.07) is 8.55. The van der Waals surface area contributed by atoms with Gasteiger partial charge in [-0.15, -0.1) is 11.8 Å². The lowest BCUT2D eigenvalue weighted by Gasteiger charge is -2.23. The molecule has 0 unspecified atom stereocenters. The monoisotopic (exact) mass is 268 g/mol. The van der Waals surface area contributed by atoms with Gasteiger partial charge in [0, 0.05) is 31.5 Å². The number of anilines is 2. The maximum atomic E-state index is 5.27. The smallest absolute Gasteiger partial charge is 0.140 e. The molecular weight excluding hydrogens is 248 g/mol. The van der Waals surface area contributed by atoms with E-state index >= 15 is 0 Å². The first kappa shape index (κ1) is 14.3. The van der Waals surface area contributed by atoms with Crippen molar-refractivity contribution in [3.63, 3.8) is 0 Å². The summed E-state index contributed by atoms with van der Waals surface area (Å²) in [5, 5.41) is 0. The largest absolute Gasteiger partial charge is 0.372 e. The number of thiocarbonyl (C=S) groups is 1. The van der Waals surface area contributed by atoms with E-state index in [4.69, 9.17) is 12.2 Å². The number of thioether (sulfide) groups is 1. The molecule has 0 aliphatic carbocycles. The molecule has 0 fully saturated rings. The molecule has 0 spiro atoms. The van der Waals surface area contributed by atoms with E-state index in [0.29, 0.717) is 0 Å². The fourth-order valence-corrected chi connectivity index (χ4v) is 2.20. The predicted molar refractivity (Wildman–Crippen MR) is 84.5 cm³/mol. The summed E-state index contributed by atoms with van der Waals surface area (Å²) in [6.45, 7) is 6.42. The standard InChI is InChI=1S/C13H20N2S2/c1-5-15(6-2)12-9-7-11(8-10-12)14(3)13(16)17-4/h7-10H,5-6H2,1-4H3. The molecule has 0 aliphatic rings. The van der Waals surface area contributed by atoms with Gasteiger partial charge in [-0.2, -0.15) is 0 Å². The van der Waals surface area contributed by atoms with E-state index in [0.717, 1.165) is 23.1 Å². The van der Waals surface area contributed by atoms with Crippen LogP contribution in [0.25, 0.3) is 0 Å². The van der Waals surface area contributed by atoms with Crippen LogP contribution in [0.4, 0.5) is 11.4 Å². The topological polar surface area (TPSA) is 6.48 Å². The summed E-state index contributed by atoms with van der Waals surface area (Å²) < 4.78 is 0.889. The molecule has 17 heavy (non-hydrogen) atoms. The fourth-order valence-electron chi connectivity index (χ4n) is 1.72. The molecule has 0 saturated heterocycles. The first-order valence-corrected chi connectivity index (χ1v) is 7.44. The first-order chi connectivity index (χ1) is 8.13. The van der Waals surface area contributed by atoms with Gasteiger partial charge in [0.15, 0.2) is 0 Å². The van der Waals surface area contributed by atoms with Crippen molar-refractivity contribution < 1.29 is 0 Å². The lowest BCUT2D eigenvalue weighted by atomic mass is 10.2. The third-order valence-corrected chi connectivity index (χ3v) is 4.21. The Bertz CT molecular complexity index is 358. The first-order valence-electron chi connectivity index (χ1n) is 5.80. The van der Waals surface area contributed by atoms with Crippen molar-refractivity contribution in [1.82, 2.24) is 0 Å². The molecule has 0 amide bonds. The van der Waals surface area contributed by atoms with Crippen molar-refractivity contribution in [3.05, 3.63) is 24.3 Å². The van der Waals surface area contributed by atoms with E-state index < -0.39 is 0 Å². The Hall–Kier alpha value is -0.740. The van der Waals surface area contributed by atoms with Gasteiger partial charge in [-0.3, -0.25) is 0 Å². The van der Waals surface area contributed by atoms with Gasteiger partial charge in [-0.1, -0.05) is 12.2 Å². The normalized spacial score (nSPS) is 10.1. The third kappa shape index (κ3) is 3.61. The summed E-state index contributed by atoms with van der Waals surface area (Å²) in [6.07, 6.45) is 2.00. The molecule has 2 nitrogen and oxygen atoms in total.